The summed E-state index contributed by atoms with van der Waals surface area (Å²) in [4.78, 5) is 15.3. The Balaban J connectivity index is 1.75. The largest absolute Gasteiger partial charge is 0.364 e. The van der Waals surface area contributed by atoms with Crippen molar-refractivity contribution >= 4 is 40.0 Å². The summed E-state index contributed by atoms with van der Waals surface area (Å²) in [6.07, 6.45) is 0.839. The normalized spacial score (nSPS) is 18.8. The monoisotopic (exact) mass is 477 g/mol. The van der Waals surface area contributed by atoms with E-state index in [1.54, 1.807) is 6.07 Å². The van der Waals surface area contributed by atoms with E-state index in [0.717, 1.165) is 48.1 Å². The van der Waals surface area contributed by atoms with Crippen LogP contribution in [-0.4, -0.2) is 28.5 Å². The van der Waals surface area contributed by atoms with Crippen LogP contribution >= 0.6 is 23.2 Å². The van der Waals surface area contributed by atoms with Gasteiger partial charge in [0.1, 0.15) is 5.69 Å². The Kier molecular flexibility index (Phi) is 5.69. The topological polar surface area (TPSA) is 51.3 Å². The number of aromatic nitrogens is 1. The zero-order valence-corrected chi connectivity index (χ0v) is 19.9. The number of hydrogen-bond donors (Lipinski definition) is 1. The number of amides is 1. The van der Waals surface area contributed by atoms with E-state index in [2.05, 4.69) is 41.3 Å². The van der Waals surface area contributed by atoms with Crippen LogP contribution in [0.5, 0.6) is 0 Å². The molecule has 0 spiro atoms. The molecular formula is C27H25Cl2N3O. The lowest BCUT2D eigenvalue weighted by Crippen LogP contribution is -2.34. The van der Waals surface area contributed by atoms with Crippen LogP contribution in [0.25, 0.3) is 10.9 Å². The summed E-state index contributed by atoms with van der Waals surface area (Å²) in [7, 11) is 1.87. The van der Waals surface area contributed by atoms with Crippen LogP contribution in [0.15, 0.2) is 72.8 Å². The van der Waals surface area contributed by atoms with Crippen LogP contribution in [0, 0.1) is 0 Å². The minimum absolute atomic E-state index is 0.450. The summed E-state index contributed by atoms with van der Waals surface area (Å²) < 4.78 is 1.86. The van der Waals surface area contributed by atoms with Gasteiger partial charge in [0.2, 0.25) is 0 Å². The number of aryl methyl sites for hydroxylation is 1. The van der Waals surface area contributed by atoms with Crippen LogP contribution in [0.3, 0.4) is 0 Å². The highest BCUT2D eigenvalue weighted by Gasteiger charge is 2.46. The minimum Gasteiger partial charge on any atom is -0.364 e. The number of hydrogen-bond acceptors (Lipinski definition) is 2. The van der Waals surface area contributed by atoms with Crippen molar-refractivity contribution in [3.63, 3.8) is 0 Å². The highest BCUT2D eigenvalue weighted by molar-refractivity contribution is 6.45. The SMILES string of the molecule is Cn1c(C(N)=O)c(C2(c3ccccc3)CCN(Cc3ccccc3)C2)c2c(Cl)c(Cl)ccc21. The summed E-state index contributed by atoms with van der Waals surface area (Å²) in [6.45, 7) is 2.46. The van der Waals surface area contributed by atoms with Crippen molar-refractivity contribution in [3.8, 4) is 0 Å². The van der Waals surface area contributed by atoms with Crippen molar-refractivity contribution in [3.05, 3.63) is 105 Å². The maximum Gasteiger partial charge on any atom is 0.265 e. The number of rotatable bonds is 5. The van der Waals surface area contributed by atoms with Crippen molar-refractivity contribution in [1.82, 2.24) is 9.47 Å². The third-order valence-electron chi connectivity index (χ3n) is 6.89. The molecule has 1 unspecified atom stereocenters. The van der Waals surface area contributed by atoms with Gasteiger partial charge in [0, 0.05) is 36.5 Å². The highest BCUT2D eigenvalue weighted by atomic mass is 35.5. The molecule has 2 heterocycles. The summed E-state index contributed by atoms with van der Waals surface area (Å²) in [5.41, 5.74) is 10.1. The molecule has 0 radical (unpaired) electrons. The summed E-state index contributed by atoms with van der Waals surface area (Å²) >= 11 is 13.3. The van der Waals surface area contributed by atoms with E-state index < -0.39 is 11.3 Å². The minimum atomic E-state index is -0.465. The number of halogens is 2. The van der Waals surface area contributed by atoms with Gasteiger partial charge in [0.25, 0.3) is 5.91 Å². The first-order valence-electron chi connectivity index (χ1n) is 11.0. The molecule has 1 aromatic heterocycles. The zero-order chi connectivity index (χ0) is 23.2. The molecule has 0 aliphatic carbocycles. The molecule has 0 saturated carbocycles. The van der Waals surface area contributed by atoms with Crippen molar-refractivity contribution in [2.24, 2.45) is 12.8 Å². The van der Waals surface area contributed by atoms with Gasteiger partial charge in [-0.3, -0.25) is 9.69 Å². The quantitative estimate of drug-likeness (QED) is 0.396. The molecule has 3 aromatic carbocycles. The molecule has 1 aliphatic rings. The molecule has 33 heavy (non-hydrogen) atoms. The number of likely N-dealkylation sites (tertiary alicyclic amines) is 1. The Labute approximate surface area is 203 Å². The molecule has 1 aliphatic heterocycles. The lowest BCUT2D eigenvalue weighted by molar-refractivity contribution is 0.0990. The molecule has 5 rings (SSSR count). The standard InChI is InChI=1S/C27H25Cl2N3O/c1-31-21-13-12-20(28)24(29)22(21)23(25(31)26(30)33)27(19-10-6-3-7-11-19)14-15-32(17-27)16-18-8-4-2-5-9-18/h2-13H,14-17H2,1H3,(H2,30,33). The van der Waals surface area contributed by atoms with Gasteiger partial charge in [0.15, 0.2) is 0 Å². The first-order chi connectivity index (χ1) is 15.9. The molecule has 1 atom stereocenters. The fourth-order valence-electron chi connectivity index (χ4n) is 5.43. The molecule has 1 fully saturated rings. The maximum atomic E-state index is 12.8. The molecule has 4 aromatic rings. The fourth-order valence-corrected chi connectivity index (χ4v) is 5.84. The average molecular weight is 478 g/mol. The molecule has 2 N–H and O–H groups in total. The molecule has 1 amide bonds. The third-order valence-corrected chi connectivity index (χ3v) is 7.70. The van der Waals surface area contributed by atoms with Crippen molar-refractivity contribution in [1.29, 1.82) is 0 Å². The van der Waals surface area contributed by atoms with Gasteiger partial charge >= 0.3 is 0 Å². The Morgan fingerprint density at radius 3 is 2.33 bits per heavy atom. The number of fused-ring (bicyclic) bond motifs is 1. The second-order valence-electron chi connectivity index (χ2n) is 8.80. The van der Waals surface area contributed by atoms with Crippen LogP contribution in [0.2, 0.25) is 10.0 Å². The van der Waals surface area contributed by atoms with Crippen LogP contribution in [0.1, 0.15) is 33.6 Å². The number of nitrogens with zero attached hydrogens (tertiary/aromatic N) is 2. The second-order valence-corrected chi connectivity index (χ2v) is 9.58. The summed E-state index contributed by atoms with van der Waals surface area (Å²) in [5, 5.41) is 1.74. The predicted molar refractivity (Wildman–Crippen MR) is 135 cm³/mol. The molecule has 4 nitrogen and oxygen atoms in total. The van der Waals surface area contributed by atoms with Crippen molar-refractivity contribution in [2.75, 3.05) is 13.1 Å². The van der Waals surface area contributed by atoms with Gasteiger partial charge in [0.05, 0.1) is 15.6 Å². The molecule has 0 bridgehead atoms. The maximum absolute atomic E-state index is 12.8. The number of benzene rings is 3. The molecule has 6 heteroatoms. The second kappa shape index (κ2) is 8.53. The lowest BCUT2D eigenvalue weighted by Gasteiger charge is -2.32. The van der Waals surface area contributed by atoms with E-state index in [1.165, 1.54) is 5.56 Å². The number of primary amides is 1. The first kappa shape index (κ1) is 22.0. The van der Waals surface area contributed by atoms with E-state index in [9.17, 15) is 4.79 Å². The highest BCUT2D eigenvalue weighted by Crippen LogP contribution is 2.49. The number of carbonyl (C=O) groups is 1. The van der Waals surface area contributed by atoms with Crippen LogP contribution in [0.4, 0.5) is 0 Å². The van der Waals surface area contributed by atoms with E-state index in [-0.39, 0.29) is 0 Å². The third kappa shape index (κ3) is 3.63. The van der Waals surface area contributed by atoms with Crippen LogP contribution < -0.4 is 5.73 Å². The van der Waals surface area contributed by atoms with Gasteiger partial charge in [-0.25, -0.2) is 0 Å². The molecule has 1 saturated heterocycles. The Morgan fingerprint density at radius 1 is 1.00 bits per heavy atom. The zero-order valence-electron chi connectivity index (χ0n) is 18.4. The van der Waals surface area contributed by atoms with Gasteiger partial charge < -0.3 is 10.3 Å². The smallest absolute Gasteiger partial charge is 0.265 e. The van der Waals surface area contributed by atoms with Gasteiger partial charge in [-0.2, -0.15) is 0 Å². The van der Waals surface area contributed by atoms with Gasteiger partial charge in [-0.05, 0) is 36.2 Å². The van der Waals surface area contributed by atoms with Crippen molar-refractivity contribution < 1.29 is 4.79 Å². The first-order valence-corrected chi connectivity index (χ1v) is 11.8. The van der Waals surface area contributed by atoms with E-state index >= 15 is 0 Å². The lowest BCUT2D eigenvalue weighted by atomic mass is 9.72. The summed E-state index contributed by atoms with van der Waals surface area (Å²) in [6, 6.07) is 24.5. The Bertz CT molecular complexity index is 1330. The van der Waals surface area contributed by atoms with Gasteiger partial charge in [-0.15, -0.1) is 0 Å². The Hall–Kier alpha value is -2.79. The predicted octanol–water partition coefficient (Wildman–Crippen LogP) is 5.78. The van der Waals surface area contributed by atoms with Crippen LogP contribution in [-0.2, 0) is 19.0 Å². The van der Waals surface area contributed by atoms with E-state index in [4.69, 9.17) is 28.9 Å². The summed E-state index contributed by atoms with van der Waals surface area (Å²) in [5.74, 6) is -0.465. The number of nitrogens with two attached hydrogens (primary N) is 1. The fraction of sp³-hybridized carbons (Fsp3) is 0.222. The molecule has 168 valence electrons. The molecular weight excluding hydrogens is 453 g/mol. The Morgan fingerprint density at radius 2 is 1.67 bits per heavy atom. The van der Waals surface area contributed by atoms with Gasteiger partial charge in [-0.1, -0.05) is 83.9 Å². The van der Waals surface area contributed by atoms with Crippen molar-refractivity contribution in [2.45, 2.75) is 18.4 Å². The number of carbonyl (C=O) groups excluding carboxylic acids is 1. The average Bonchev–Trinajstić information content (AvgIpc) is 3.37. The van der Waals surface area contributed by atoms with E-state index in [1.807, 2.05) is 41.9 Å². The van der Waals surface area contributed by atoms with E-state index in [0.29, 0.717) is 15.7 Å².